The minimum Gasteiger partial charge on any atom is -0.478 e. The fourth-order valence-corrected chi connectivity index (χ4v) is 1.50. The van der Waals surface area contributed by atoms with Gasteiger partial charge in [-0.15, -0.1) is 0 Å². The van der Waals surface area contributed by atoms with Crippen LogP contribution in [-0.4, -0.2) is 11.1 Å². The molecular formula is C13H8F3NO3. The second kappa shape index (κ2) is 5.12. The molecule has 0 aliphatic rings. The number of halogens is 3. The van der Waals surface area contributed by atoms with Gasteiger partial charge in [-0.1, -0.05) is 0 Å². The lowest BCUT2D eigenvalue weighted by atomic mass is 10.1. The van der Waals surface area contributed by atoms with Crippen LogP contribution in [0.25, 0.3) is 0 Å². The number of carboxylic acid groups (broad SMARTS) is 1. The molecule has 0 aliphatic heterocycles. The van der Waals surface area contributed by atoms with Crippen molar-refractivity contribution in [1.82, 2.24) is 0 Å². The summed E-state index contributed by atoms with van der Waals surface area (Å²) in [4.78, 5) is 10.7. The normalized spacial score (nSPS) is 10.3. The van der Waals surface area contributed by atoms with Gasteiger partial charge in [0.2, 0.25) is 0 Å². The molecule has 20 heavy (non-hydrogen) atoms. The molecule has 0 aromatic heterocycles. The van der Waals surface area contributed by atoms with Crippen LogP contribution in [-0.2, 0) is 0 Å². The van der Waals surface area contributed by atoms with Crippen molar-refractivity contribution < 1.29 is 27.8 Å². The highest BCUT2D eigenvalue weighted by Crippen LogP contribution is 2.31. The molecule has 104 valence electrons. The molecule has 7 heteroatoms. The number of carboxylic acids is 1. The molecule has 0 atom stereocenters. The van der Waals surface area contributed by atoms with Crippen LogP contribution in [0.3, 0.4) is 0 Å². The molecular weight excluding hydrogens is 275 g/mol. The van der Waals surface area contributed by atoms with E-state index in [4.69, 9.17) is 15.6 Å². The van der Waals surface area contributed by atoms with Crippen LogP contribution < -0.4 is 10.5 Å². The van der Waals surface area contributed by atoms with Gasteiger partial charge in [-0.05, 0) is 18.2 Å². The van der Waals surface area contributed by atoms with Crippen LogP contribution in [0.1, 0.15) is 10.4 Å². The number of carbonyl (C=O) groups is 1. The molecule has 3 N–H and O–H groups in total. The van der Waals surface area contributed by atoms with Gasteiger partial charge in [0.05, 0.1) is 11.3 Å². The number of benzene rings is 2. The molecule has 2 aromatic rings. The average Bonchev–Trinajstić information content (AvgIpc) is 2.36. The van der Waals surface area contributed by atoms with Gasteiger partial charge in [0.25, 0.3) is 0 Å². The lowest BCUT2D eigenvalue weighted by Crippen LogP contribution is -2.03. The third-order valence-corrected chi connectivity index (χ3v) is 2.44. The minimum atomic E-state index is -1.49. The van der Waals surface area contributed by atoms with Crippen molar-refractivity contribution in [1.29, 1.82) is 0 Å². The number of aromatic carboxylic acids is 1. The zero-order valence-electron chi connectivity index (χ0n) is 9.86. The van der Waals surface area contributed by atoms with Gasteiger partial charge >= 0.3 is 5.97 Å². The Balaban J connectivity index is 2.39. The van der Waals surface area contributed by atoms with Gasteiger partial charge in [-0.2, -0.15) is 0 Å². The number of ether oxygens (including phenoxy) is 1. The van der Waals surface area contributed by atoms with E-state index in [0.29, 0.717) is 6.07 Å². The van der Waals surface area contributed by atoms with Crippen molar-refractivity contribution in [3.8, 4) is 11.5 Å². The number of hydrogen-bond donors (Lipinski definition) is 2. The second-order valence-corrected chi connectivity index (χ2v) is 3.85. The summed E-state index contributed by atoms with van der Waals surface area (Å²) >= 11 is 0. The first-order chi connectivity index (χ1) is 9.38. The summed E-state index contributed by atoms with van der Waals surface area (Å²) in [6, 6.07) is 4.13. The van der Waals surface area contributed by atoms with E-state index in [-0.39, 0.29) is 17.2 Å². The zero-order valence-corrected chi connectivity index (χ0v) is 9.86. The van der Waals surface area contributed by atoms with Crippen LogP contribution in [0.2, 0.25) is 0 Å². The third-order valence-electron chi connectivity index (χ3n) is 2.44. The van der Waals surface area contributed by atoms with Crippen LogP contribution in [0, 0.1) is 17.5 Å². The molecule has 4 nitrogen and oxygen atoms in total. The Morgan fingerprint density at radius 1 is 1.05 bits per heavy atom. The molecule has 0 amide bonds. The smallest absolute Gasteiger partial charge is 0.338 e. The van der Waals surface area contributed by atoms with E-state index in [9.17, 15) is 18.0 Å². The SMILES string of the molecule is Nc1cc(C(=O)O)c(F)cc1Oc1ccc(F)cc1F. The van der Waals surface area contributed by atoms with Crippen molar-refractivity contribution in [2.75, 3.05) is 5.73 Å². The highest BCUT2D eigenvalue weighted by atomic mass is 19.1. The predicted molar refractivity (Wildman–Crippen MR) is 64.2 cm³/mol. The van der Waals surface area contributed by atoms with Crippen LogP contribution >= 0.6 is 0 Å². The van der Waals surface area contributed by atoms with Crippen molar-refractivity contribution in [3.63, 3.8) is 0 Å². The fourth-order valence-electron chi connectivity index (χ4n) is 1.50. The first kappa shape index (κ1) is 13.7. The van der Waals surface area contributed by atoms with E-state index in [0.717, 1.165) is 24.3 Å². The Hall–Kier alpha value is -2.70. The highest BCUT2D eigenvalue weighted by Gasteiger charge is 2.16. The monoisotopic (exact) mass is 283 g/mol. The first-order valence-corrected chi connectivity index (χ1v) is 5.33. The van der Waals surface area contributed by atoms with Gasteiger partial charge in [0.1, 0.15) is 11.6 Å². The van der Waals surface area contributed by atoms with Crippen LogP contribution in [0.15, 0.2) is 30.3 Å². The van der Waals surface area contributed by atoms with Gasteiger partial charge in [0, 0.05) is 12.1 Å². The quantitative estimate of drug-likeness (QED) is 0.848. The summed E-state index contributed by atoms with van der Waals surface area (Å²) in [5.41, 5.74) is 4.69. The molecule has 2 aromatic carbocycles. The van der Waals surface area contributed by atoms with Gasteiger partial charge in [0.15, 0.2) is 17.3 Å². The third kappa shape index (κ3) is 2.66. The molecule has 0 saturated heterocycles. The van der Waals surface area contributed by atoms with E-state index in [2.05, 4.69) is 0 Å². The van der Waals surface area contributed by atoms with Crippen molar-refractivity contribution in [3.05, 3.63) is 53.3 Å². The van der Waals surface area contributed by atoms with E-state index in [1.54, 1.807) is 0 Å². The topological polar surface area (TPSA) is 72.6 Å². The number of rotatable bonds is 3. The minimum absolute atomic E-state index is 0.187. The maximum Gasteiger partial charge on any atom is 0.338 e. The Bertz CT molecular complexity index is 689. The average molecular weight is 283 g/mol. The Morgan fingerprint density at radius 2 is 1.75 bits per heavy atom. The number of hydrogen-bond acceptors (Lipinski definition) is 3. The molecule has 2 rings (SSSR count). The maximum absolute atomic E-state index is 13.5. The second-order valence-electron chi connectivity index (χ2n) is 3.85. The molecule has 0 bridgehead atoms. The summed E-state index contributed by atoms with van der Waals surface area (Å²) in [6.07, 6.45) is 0. The molecule has 0 heterocycles. The Labute approximate surface area is 111 Å². The van der Waals surface area contributed by atoms with Gasteiger partial charge in [-0.25, -0.2) is 18.0 Å². The molecule has 0 radical (unpaired) electrons. The van der Waals surface area contributed by atoms with Crippen LogP contribution in [0.5, 0.6) is 11.5 Å². The molecule has 0 aliphatic carbocycles. The number of anilines is 1. The summed E-state index contributed by atoms with van der Waals surface area (Å²) < 4.78 is 44.6. The van der Waals surface area contributed by atoms with E-state index in [1.807, 2.05) is 0 Å². The lowest BCUT2D eigenvalue weighted by molar-refractivity contribution is 0.0692. The zero-order chi connectivity index (χ0) is 14.9. The summed E-state index contributed by atoms with van der Waals surface area (Å²) in [5.74, 6) is -4.99. The summed E-state index contributed by atoms with van der Waals surface area (Å²) in [7, 11) is 0. The number of nitrogen functional groups attached to an aromatic ring is 1. The molecule has 0 saturated carbocycles. The number of nitrogens with two attached hydrogens (primary N) is 1. The first-order valence-electron chi connectivity index (χ1n) is 5.33. The lowest BCUT2D eigenvalue weighted by Gasteiger charge is -2.10. The highest BCUT2D eigenvalue weighted by molar-refractivity contribution is 5.89. The van der Waals surface area contributed by atoms with E-state index < -0.39 is 29.0 Å². The van der Waals surface area contributed by atoms with Crippen molar-refractivity contribution >= 4 is 11.7 Å². The Kier molecular flexibility index (Phi) is 3.51. The van der Waals surface area contributed by atoms with Gasteiger partial charge < -0.3 is 15.6 Å². The molecule has 0 unspecified atom stereocenters. The molecule has 0 fully saturated rings. The fraction of sp³-hybridized carbons (Fsp3) is 0. The van der Waals surface area contributed by atoms with Crippen LogP contribution in [0.4, 0.5) is 18.9 Å². The summed E-state index contributed by atoms with van der Waals surface area (Å²) in [5, 5.41) is 8.71. The standard InChI is InChI=1S/C13H8F3NO3/c14-6-1-2-11(9(16)3-6)20-12-5-8(15)7(13(18)19)4-10(12)17/h1-5H,17H2,(H,18,19). The van der Waals surface area contributed by atoms with E-state index >= 15 is 0 Å². The Morgan fingerprint density at radius 3 is 2.35 bits per heavy atom. The largest absolute Gasteiger partial charge is 0.478 e. The maximum atomic E-state index is 13.5. The van der Waals surface area contributed by atoms with E-state index in [1.165, 1.54) is 0 Å². The van der Waals surface area contributed by atoms with Gasteiger partial charge in [-0.3, -0.25) is 0 Å². The summed E-state index contributed by atoms with van der Waals surface area (Å²) in [6.45, 7) is 0. The van der Waals surface area contributed by atoms with Crippen molar-refractivity contribution in [2.45, 2.75) is 0 Å². The van der Waals surface area contributed by atoms with Crippen molar-refractivity contribution in [2.24, 2.45) is 0 Å². The molecule has 0 spiro atoms. The predicted octanol–water partition coefficient (Wildman–Crippen LogP) is 3.18.